The quantitative estimate of drug-likeness (QED) is 0.613. The molecule has 0 radical (unpaired) electrons. The average Bonchev–Trinajstić information content (AvgIpc) is 2.86. The molecule has 1 aromatic rings. The Bertz CT molecular complexity index is 708. The van der Waals surface area contributed by atoms with Gasteiger partial charge < -0.3 is 15.4 Å². The molecule has 0 bridgehead atoms. The summed E-state index contributed by atoms with van der Waals surface area (Å²) in [7, 11) is 0. The van der Waals surface area contributed by atoms with Crippen LogP contribution < -0.4 is 15.4 Å². The van der Waals surface area contributed by atoms with Crippen molar-refractivity contribution in [3.05, 3.63) is 29.8 Å². The highest BCUT2D eigenvalue weighted by molar-refractivity contribution is 5.79. The fraction of sp³-hybridized carbons (Fsp3) is 0.636. The zero-order chi connectivity index (χ0) is 22.9. The van der Waals surface area contributed by atoms with E-state index in [-0.39, 0.29) is 23.1 Å². The number of carbonyl (C=O) groups is 2. The van der Waals surface area contributed by atoms with E-state index >= 15 is 0 Å². The van der Waals surface area contributed by atoms with Gasteiger partial charge >= 0.3 is 6.61 Å². The van der Waals surface area contributed by atoms with Crippen LogP contribution in [0.1, 0.15) is 32.8 Å². The molecule has 7 nitrogen and oxygen atoms in total. The van der Waals surface area contributed by atoms with Crippen molar-refractivity contribution < 1.29 is 23.1 Å². The summed E-state index contributed by atoms with van der Waals surface area (Å²) in [6.07, 6.45) is 1.51. The van der Waals surface area contributed by atoms with Gasteiger partial charge in [-0.3, -0.25) is 19.4 Å². The first kappa shape index (κ1) is 25.0. The summed E-state index contributed by atoms with van der Waals surface area (Å²) in [4.78, 5) is 28.6. The lowest BCUT2D eigenvalue weighted by atomic mass is 10.1. The van der Waals surface area contributed by atoms with E-state index < -0.39 is 6.61 Å². The lowest BCUT2D eigenvalue weighted by Gasteiger charge is -2.25. The standard InChI is InChI=1S/C22H34F2N4O3/c1-22(2,3)26-20(30)16-28-12-4-11-27(13-14-28)15-19(29)25-10-9-17-5-7-18(8-6-17)31-21(23)24/h5-8,21H,4,9-16H2,1-3H3,(H,25,29)(H,26,30). The summed E-state index contributed by atoms with van der Waals surface area (Å²) >= 11 is 0. The SMILES string of the molecule is CC(C)(C)NC(=O)CN1CCCN(CC(=O)NCCc2ccc(OC(F)F)cc2)CC1. The van der Waals surface area contributed by atoms with E-state index in [4.69, 9.17) is 0 Å². The van der Waals surface area contributed by atoms with E-state index in [0.717, 1.165) is 38.2 Å². The Kier molecular flexibility index (Phi) is 9.64. The van der Waals surface area contributed by atoms with Gasteiger partial charge in [0.2, 0.25) is 11.8 Å². The Morgan fingerprint density at radius 2 is 1.58 bits per heavy atom. The van der Waals surface area contributed by atoms with Crippen molar-refractivity contribution >= 4 is 11.8 Å². The van der Waals surface area contributed by atoms with Crippen LogP contribution in [0.4, 0.5) is 8.78 Å². The maximum absolute atomic E-state index is 12.3. The Morgan fingerprint density at radius 3 is 2.13 bits per heavy atom. The first-order valence-electron chi connectivity index (χ1n) is 10.7. The van der Waals surface area contributed by atoms with Gasteiger partial charge in [0.05, 0.1) is 13.1 Å². The molecule has 9 heteroatoms. The number of hydrogen-bond donors (Lipinski definition) is 2. The van der Waals surface area contributed by atoms with Gasteiger partial charge in [0.1, 0.15) is 5.75 Å². The second kappa shape index (κ2) is 12.0. The number of ether oxygens (including phenoxy) is 1. The monoisotopic (exact) mass is 440 g/mol. The molecular formula is C22H34F2N4O3. The number of rotatable bonds is 9. The van der Waals surface area contributed by atoms with E-state index in [0.29, 0.717) is 26.1 Å². The Hall–Kier alpha value is -2.26. The van der Waals surface area contributed by atoms with Crippen molar-refractivity contribution in [3.8, 4) is 5.75 Å². The topological polar surface area (TPSA) is 73.9 Å². The van der Waals surface area contributed by atoms with Crippen LogP contribution in [0.15, 0.2) is 24.3 Å². The normalized spacial score (nSPS) is 16.1. The predicted octanol–water partition coefficient (Wildman–Crippen LogP) is 1.87. The summed E-state index contributed by atoms with van der Waals surface area (Å²) in [5.41, 5.74) is 0.690. The van der Waals surface area contributed by atoms with Gasteiger partial charge in [0.25, 0.3) is 0 Å². The number of benzene rings is 1. The number of nitrogens with zero attached hydrogens (tertiary/aromatic N) is 2. The van der Waals surface area contributed by atoms with Gasteiger partial charge in [-0.05, 0) is 64.4 Å². The summed E-state index contributed by atoms with van der Waals surface area (Å²) in [5.74, 6) is 0.0953. The van der Waals surface area contributed by atoms with Crippen LogP contribution in [-0.4, -0.2) is 79.6 Å². The summed E-state index contributed by atoms with van der Waals surface area (Å²) < 4.78 is 28.7. The van der Waals surface area contributed by atoms with Crippen molar-refractivity contribution in [2.24, 2.45) is 0 Å². The number of hydrogen-bond acceptors (Lipinski definition) is 5. The number of amides is 2. The van der Waals surface area contributed by atoms with Gasteiger partial charge in [-0.1, -0.05) is 12.1 Å². The largest absolute Gasteiger partial charge is 0.435 e. The third kappa shape index (κ3) is 10.5. The molecule has 2 rings (SSSR count). The average molecular weight is 441 g/mol. The maximum atomic E-state index is 12.3. The molecule has 0 unspecified atom stereocenters. The van der Waals surface area contributed by atoms with E-state index in [1.54, 1.807) is 12.1 Å². The maximum Gasteiger partial charge on any atom is 0.387 e. The smallest absolute Gasteiger partial charge is 0.387 e. The molecule has 0 spiro atoms. The number of nitrogens with one attached hydrogen (secondary N) is 2. The summed E-state index contributed by atoms with van der Waals surface area (Å²) in [6, 6.07) is 6.41. The molecule has 1 heterocycles. The van der Waals surface area contributed by atoms with Crippen LogP contribution in [0.5, 0.6) is 5.75 Å². The molecule has 174 valence electrons. The molecule has 0 aliphatic carbocycles. The highest BCUT2D eigenvalue weighted by atomic mass is 19.3. The molecule has 1 saturated heterocycles. The molecule has 0 atom stereocenters. The molecule has 1 aliphatic rings. The van der Waals surface area contributed by atoms with Crippen LogP contribution in [-0.2, 0) is 16.0 Å². The van der Waals surface area contributed by atoms with E-state index in [1.165, 1.54) is 12.1 Å². The number of alkyl halides is 2. The van der Waals surface area contributed by atoms with Gasteiger partial charge in [-0.25, -0.2) is 0 Å². The zero-order valence-electron chi connectivity index (χ0n) is 18.6. The third-order valence-electron chi connectivity index (χ3n) is 4.81. The van der Waals surface area contributed by atoms with Gasteiger partial charge in [-0.15, -0.1) is 0 Å². The van der Waals surface area contributed by atoms with Crippen molar-refractivity contribution in [2.45, 2.75) is 45.8 Å². The van der Waals surface area contributed by atoms with Crippen molar-refractivity contribution in [3.63, 3.8) is 0 Å². The minimum Gasteiger partial charge on any atom is -0.435 e. The van der Waals surface area contributed by atoms with E-state index in [1.807, 2.05) is 20.8 Å². The zero-order valence-corrected chi connectivity index (χ0v) is 18.6. The van der Waals surface area contributed by atoms with Crippen molar-refractivity contribution in [2.75, 3.05) is 45.8 Å². The minimum absolute atomic E-state index is 0.0208. The molecule has 2 N–H and O–H groups in total. The lowest BCUT2D eigenvalue weighted by Crippen LogP contribution is -2.46. The molecule has 31 heavy (non-hydrogen) atoms. The Balaban J connectivity index is 1.66. The molecule has 1 aromatic carbocycles. The fourth-order valence-electron chi connectivity index (χ4n) is 3.44. The van der Waals surface area contributed by atoms with Crippen LogP contribution in [0.2, 0.25) is 0 Å². The number of carbonyl (C=O) groups excluding carboxylic acids is 2. The van der Waals surface area contributed by atoms with Crippen LogP contribution in [0.3, 0.4) is 0 Å². The van der Waals surface area contributed by atoms with E-state index in [2.05, 4.69) is 25.2 Å². The number of halogens is 2. The van der Waals surface area contributed by atoms with Crippen LogP contribution >= 0.6 is 0 Å². The Morgan fingerprint density at radius 1 is 1.00 bits per heavy atom. The summed E-state index contributed by atoms with van der Waals surface area (Å²) in [6.45, 7) is 7.36. The molecule has 2 amide bonds. The second-order valence-electron chi connectivity index (χ2n) is 8.83. The van der Waals surface area contributed by atoms with Crippen LogP contribution in [0.25, 0.3) is 0 Å². The van der Waals surface area contributed by atoms with Crippen molar-refractivity contribution in [1.29, 1.82) is 0 Å². The summed E-state index contributed by atoms with van der Waals surface area (Å²) in [5, 5.41) is 5.88. The van der Waals surface area contributed by atoms with Gasteiger partial charge in [0, 0.05) is 25.2 Å². The predicted molar refractivity (Wildman–Crippen MR) is 115 cm³/mol. The van der Waals surface area contributed by atoms with Gasteiger partial charge in [0.15, 0.2) is 0 Å². The molecular weight excluding hydrogens is 406 g/mol. The highest BCUT2D eigenvalue weighted by Gasteiger charge is 2.20. The van der Waals surface area contributed by atoms with Crippen LogP contribution in [0, 0.1) is 0 Å². The second-order valence-corrected chi connectivity index (χ2v) is 8.83. The fourth-order valence-corrected chi connectivity index (χ4v) is 3.44. The lowest BCUT2D eigenvalue weighted by molar-refractivity contribution is -0.124. The minimum atomic E-state index is -2.84. The molecule has 1 fully saturated rings. The third-order valence-corrected chi connectivity index (χ3v) is 4.81. The molecule has 0 aromatic heterocycles. The Labute approximate surface area is 183 Å². The first-order chi connectivity index (χ1) is 14.6. The van der Waals surface area contributed by atoms with E-state index in [9.17, 15) is 18.4 Å². The first-order valence-corrected chi connectivity index (χ1v) is 10.7. The van der Waals surface area contributed by atoms with Crippen molar-refractivity contribution in [1.82, 2.24) is 20.4 Å². The van der Waals surface area contributed by atoms with Gasteiger partial charge in [-0.2, -0.15) is 8.78 Å². The molecule has 1 aliphatic heterocycles. The highest BCUT2D eigenvalue weighted by Crippen LogP contribution is 2.15. The molecule has 0 saturated carbocycles.